The highest BCUT2D eigenvalue weighted by molar-refractivity contribution is 7.10. The molecule has 6 heteroatoms. The summed E-state index contributed by atoms with van der Waals surface area (Å²) >= 11 is 1.51. The standard InChI is InChI=1S/C13H16N2O3S/c16-12(17)4-3-10-7-11(19-9-10)8-14-13(18)15-5-1-2-6-15/h3-4,7,9H,1-2,5-6,8H2,(H,14,18)(H,16,17). The zero-order valence-corrected chi connectivity index (χ0v) is 11.3. The van der Waals surface area contributed by atoms with Crippen molar-refractivity contribution in [3.63, 3.8) is 0 Å². The van der Waals surface area contributed by atoms with Crippen LogP contribution in [0.15, 0.2) is 17.5 Å². The minimum Gasteiger partial charge on any atom is -0.478 e. The van der Waals surface area contributed by atoms with Crippen LogP contribution in [0.2, 0.25) is 0 Å². The van der Waals surface area contributed by atoms with Crippen LogP contribution in [0.25, 0.3) is 6.08 Å². The summed E-state index contributed by atoms with van der Waals surface area (Å²) in [6.45, 7) is 2.16. The molecule has 2 N–H and O–H groups in total. The molecule has 1 fully saturated rings. The number of aliphatic carboxylic acids is 1. The Morgan fingerprint density at radius 2 is 2.16 bits per heavy atom. The Balaban J connectivity index is 1.82. The van der Waals surface area contributed by atoms with Crippen molar-refractivity contribution in [2.45, 2.75) is 19.4 Å². The second kappa shape index (κ2) is 6.38. The molecular formula is C13H16N2O3S. The maximum atomic E-state index is 11.8. The molecule has 19 heavy (non-hydrogen) atoms. The van der Waals surface area contributed by atoms with Gasteiger partial charge in [0.05, 0.1) is 6.54 Å². The molecule has 0 spiro atoms. The number of carbonyl (C=O) groups is 2. The van der Waals surface area contributed by atoms with Crippen LogP contribution in [0.1, 0.15) is 23.3 Å². The number of carbonyl (C=O) groups excluding carboxylic acids is 1. The lowest BCUT2D eigenvalue weighted by molar-refractivity contribution is -0.131. The number of carboxylic acid groups (broad SMARTS) is 1. The van der Waals surface area contributed by atoms with Crippen molar-refractivity contribution in [3.8, 4) is 0 Å². The van der Waals surface area contributed by atoms with E-state index in [1.54, 1.807) is 6.08 Å². The first-order valence-corrected chi connectivity index (χ1v) is 7.04. The van der Waals surface area contributed by atoms with Gasteiger partial charge >= 0.3 is 12.0 Å². The Hall–Kier alpha value is -1.82. The third-order valence-electron chi connectivity index (χ3n) is 2.90. The summed E-state index contributed by atoms with van der Waals surface area (Å²) in [7, 11) is 0. The van der Waals surface area contributed by atoms with Crippen LogP contribution < -0.4 is 5.32 Å². The van der Waals surface area contributed by atoms with Crippen molar-refractivity contribution >= 4 is 29.4 Å². The lowest BCUT2D eigenvalue weighted by Gasteiger charge is -2.15. The van der Waals surface area contributed by atoms with Crippen molar-refractivity contribution in [2.24, 2.45) is 0 Å². The molecule has 0 aromatic carbocycles. The molecular weight excluding hydrogens is 264 g/mol. The Morgan fingerprint density at radius 1 is 1.42 bits per heavy atom. The first-order valence-electron chi connectivity index (χ1n) is 6.16. The Morgan fingerprint density at radius 3 is 2.84 bits per heavy atom. The van der Waals surface area contributed by atoms with Gasteiger partial charge in [-0.1, -0.05) is 0 Å². The maximum absolute atomic E-state index is 11.8. The van der Waals surface area contributed by atoms with Gasteiger partial charge in [0.15, 0.2) is 0 Å². The van der Waals surface area contributed by atoms with E-state index < -0.39 is 5.97 Å². The Labute approximate surface area is 115 Å². The summed E-state index contributed by atoms with van der Waals surface area (Å²) in [6, 6.07) is 1.86. The molecule has 0 radical (unpaired) electrons. The van der Waals surface area contributed by atoms with Gasteiger partial charge in [-0.15, -0.1) is 11.3 Å². The fourth-order valence-corrected chi connectivity index (χ4v) is 2.73. The molecule has 2 amide bonds. The molecule has 2 rings (SSSR count). The summed E-state index contributed by atoms with van der Waals surface area (Å²) in [6.07, 6.45) is 4.81. The number of amides is 2. The number of likely N-dealkylation sites (tertiary alicyclic amines) is 1. The molecule has 5 nitrogen and oxygen atoms in total. The number of thiophene rings is 1. The van der Waals surface area contributed by atoms with Crippen LogP contribution in [-0.2, 0) is 11.3 Å². The molecule has 0 aliphatic carbocycles. The summed E-state index contributed by atoms with van der Waals surface area (Å²) in [5.41, 5.74) is 0.845. The second-order valence-corrected chi connectivity index (χ2v) is 5.37. The van der Waals surface area contributed by atoms with E-state index in [4.69, 9.17) is 5.11 Å². The molecule has 0 unspecified atom stereocenters. The minimum atomic E-state index is -0.963. The van der Waals surface area contributed by atoms with Crippen LogP contribution in [0.4, 0.5) is 4.79 Å². The first kappa shape index (κ1) is 13.6. The van der Waals surface area contributed by atoms with E-state index in [9.17, 15) is 9.59 Å². The average Bonchev–Trinajstić information content (AvgIpc) is 3.04. The zero-order chi connectivity index (χ0) is 13.7. The number of carboxylic acids is 1. The lowest BCUT2D eigenvalue weighted by atomic mass is 10.3. The van der Waals surface area contributed by atoms with Crippen molar-refractivity contribution in [2.75, 3.05) is 13.1 Å². The summed E-state index contributed by atoms with van der Waals surface area (Å²) in [5, 5.41) is 13.3. The van der Waals surface area contributed by atoms with E-state index in [0.29, 0.717) is 6.54 Å². The number of hydrogen-bond donors (Lipinski definition) is 2. The number of rotatable bonds is 4. The van der Waals surface area contributed by atoms with Gasteiger partial charge in [0.1, 0.15) is 0 Å². The zero-order valence-electron chi connectivity index (χ0n) is 10.5. The van der Waals surface area contributed by atoms with E-state index in [0.717, 1.165) is 42.4 Å². The van der Waals surface area contributed by atoms with Gasteiger partial charge in [0, 0.05) is 24.0 Å². The van der Waals surface area contributed by atoms with Gasteiger partial charge in [-0.3, -0.25) is 0 Å². The molecule has 0 atom stereocenters. The number of urea groups is 1. The van der Waals surface area contributed by atoms with Gasteiger partial charge in [0.2, 0.25) is 0 Å². The molecule has 0 bridgehead atoms. The quantitative estimate of drug-likeness (QED) is 0.830. The van der Waals surface area contributed by atoms with Gasteiger partial charge in [-0.25, -0.2) is 9.59 Å². The maximum Gasteiger partial charge on any atom is 0.328 e. The van der Waals surface area contributed by atoms with E-state index in [2.05, 4.69) is 5.32 Å². The summed E-state index contributed by atoms with van der Waals surface area (Å²) in [4.78, 5) is 25.0. The fraction of sp³-hybridized carbons (Fsp3) is 0.385. The topological polar surface area (TPSA) is 69.6 Å². The van der Waals surface area contributed by atoms with Gasteiger partial charge in [-0.2, -0.15) is 0 Å². The van der Waals surface area contributed by atoms with Crippen molar-refractivity contribution in [3.05, 3.63) is 28.0 Å². The minimum absolute atomic E-state index is 0.0199. The molecule has 102 valence electrons. The molecule has 2 heterocycles. The van der Waals surface area contributed by atoms with Crippen LogP contribution in [0, 0.1) is 0 Å². The molecule has 0 saturated carbocycles. The number of hydrogen-bond acceptors (Lipinski definition) is 3. The van der Waals surface area contributed by atoms with Crippen LogP contribution >= 0.6 is 11.3 Å². The normalized spacial score (nSPS) is 15.1. The SMILES string of the molecule is O=C(O)C=Cc1csc(CNC(=O)N2CCCC2)c1. The summed E-state index contributed by atoms with van der Waals surface area (Å²) in [5.74, 6) is -0.963. The Kier molecular flexibility index (Phi) is 4.57. The monoisotopic (exact) mass is 280 g/mol. The highest BCUT2D eigenvalue weighted by Crippen LogP contribution is 2.16. The lowest BCUT2D eigenvalue weighted by Crippen LogP contribution is -2.37. The second-order valence-electron chi connectivity index (χ2n) is 4.37. The van der Waals surface area contributed by atoms with E-state index >= 15 is 0 Å². The molecule has 1 aliphatic rings. The number of nitrogens with one attached hydrogen (secondary N) is 1. The average molecular weight is 280 g/mol. The van der Waals surface area contributed by atoms with E-state index in [1.807, 2.05) is 16.3 Å². The van der Waals surface area contributed by atoms with E-state index in [-0.39, 0.29) is 6.03 Å². The molecule has 1 aromatic rings. The Bertz CT molecular complexity index is 490. The third kappa shape index (κ3) is 4.10. The van der Waals surface area contributed by atoms with Crippen molar-refractivity contribution < 1.29 is 14.7 Å². The number of nitrogens with zero attached hydrogens (tertiary/aromatic N) is 1. The highest BCUT2D eigenvalue weighted by atomic mass is 32.1. The molecule has 1 aromatic heterocycles. The van der Waals surface area contributed by atoms with Gasteiger partial charge in [0.25, 0.3) is 0 Å². The largest absolute Gasteiger partial charge is 0.478 e. The predicted octanol–water partition coefficient (Wildman–Crippen LogP) is 2.15. The van der Waals surface area contributed by atoms with Gasteiger partial charge in [-0.05, 0) is 35.9 Å². The van der Waals surface area contributed by atoms with Crippen molar-refractivity contribution in [1.29, 1.82) is 0 Å². The molecule has 1 saturated heterocycles. The van der Waals surface area contributed by atoms with Crippen molar-refractivity contribution in [1.82, 2.24) is 10.2 Å². The third-order valence-corrected chi connectivity index (χ3v) is 3.85. The summed E-state index contributed by atoms with van der Waals surface area (Å²) < 4.78 is 0. The fourth-order valence-electron chi connectivity index (χ4n) is 1.94. The smallest absolute Gasteiger partial charge is 0.328 e. The van der Waals surface area contributed by atoms with Crippen LogP contribution in [0.5, 0.6) is 0 Å². The van der Waals surface area contributed by atoms with Crippen LogP contribution in [0.3, 0.4) is 0 Å². The predicted molar refractivity (Wildman–Crippen MR) is 74.0 cm³/mol. The molecule has 1 aliphatic heterocycles. The highest BCUT2D eigenvalue weighted by Gasteiger charge is 2.17. The van der Waals surface area contributed by atoms with E-state index in [1.165, 1.54) is 11.3 Å². The van der Waals surface area contributed by atoms with Gasteiger partial charge < -0.3 is 15.3 Å². The first-order chi connectivity index (χ1) is 9.15. The van der Waals surface area contributed by atoms with Crippen LogP contribution in [-0.4, -0.2) is 35.1 Å².